The fourth-order valence-electron chi connectivity index (χ4n) is 4.73. The molecule has 1 aliphatic heterocycles. The van der Waals surface area contributed by atoms with Gasteiger partial charge in [0, 0.05) is 30.6 Å². The molecular weight excluding hydrogens is 552 g/mol. The van der Waals surface area contributed by atoms with Gasteiger partial charge >= 0.3 is 0 Å². The van der Waals surface area contributed by atoms with E-state index in [2.05, 4.69) is 10.6 Å². The molecule has 0 saturated carbocycles. The van der Waals surface area contributed by atoms with Gasteiger partial charge in [0.1, 0.15) is 23.6 Å². The van der Waals surface area contributed by atoms with Crippen molar-refractivity contribution in [3.05, 3.63) is 77.4 Å². The Labute approximate surface area is 251 Å². The maximum absolute atomic E-state index is 11.9. The second kappa shape index (κ2) is 14.1. The minimum atomic E-state index is -0.833. The summed E-state index contributed by atoms with van der Waals surface area (Å²) >= 11 is 0. The molecule has 0 aliphatic carbocycles. The van der Waals surface area contributed by atoms with E-state index in [1.165, 1.54) is 12.1 Å². The van der Waals surface area contributed by atoms with E-state index in [9.17, 15) is 9.59 Å². The number of hydrogen-bond donors (Lipinski definition) is 6. The van der Waals surface area contributed by atoms with Crippen molar-refractivity contribution in [1.82, 2.24) is 0 Å². The Kier molecular flexibility index (Phi) is 10.3. The van der Waals surface area contributed by atoms with Crippen molar-refractivity contribution < 1.29 is 28.5 Å². The minimum Gasteiger partial charge on any atom is -0.491 e. The van der Waals surface area contributed by atoms with Gasteiger partial charge in [-0.1, -0.05) is 30.3 Å². The third-order valence-electron chi connectivity index (χ3n) is 6.81. The number of anilines is 4. The number of rotatable bonds is 15. The van der Waals surface area contributed by atoms with Crippen LogP contribution in [0.3, 0.4) is 0 Å². The molecule has 10 N–H and O–H groups in total. The molecule has 0 bridgehead atoms. The maximum atomic E-state index is 11.9. The first-order valence-corrected chi connectivity index (χ1v) is 14.0. The van der Waals surface area contributed by atoms with Crippen LogP contribution in [0.1, 0.15) is 46.5 Å². The summed E-state index contributed by atoms with van der Waals surface area (Å²) in [5.74, 6) is -1.60. The molecule has 0 radical (unpaired) electrons. The predicted octanol–water partition coefficient (Wildman–Crippen LogP) is 3.08. The van der Waals surface area contributed by atoms with E-state index in [0.29, 0.717) is 73.4 Å². The Morgan fingerprint density at radius 2 is 1.49 bits per heavy atom. The van der Waals surface area contributed by atoms with Crippen LogP contribution in [0, 0.1) is 0 Å². The highest BCUT2D eigenvalue weighted by Gasteiger charge is 2.41. The molecule has 1 saturated heterocycles. The molecule has 2 amide bonds. The van der Waals surface area contributed by atoms with Gasteiger partial charge in [0.25, 0.3) is 0 Å². The SMILES string of the molecule is CC1(C)O[C@H](CNc2ccc(C(N)=O)cc2N)[C@@H](CNc2c(N)cc(C(N)=O)cc2OCCCOCc2ccccc2)O1. The number of carbonyl (C=O) groups is 2. The number of hydrogen-bond acceptors (Lipinski definition) is 10. The first kappa shape index (κ1) is 31.4. The molecule has 4 rings (SSSR count). The summed E-state index contributed by atoms with van der Waals surface area (Å²) in [7, 11) is 0. The summed E-state index contributed by atoms with van der Waals surface area (Å²) < 4.78 is 24.1. The quantitative estimate of drug-likeness (QED) is 0.113. The number of carbonyl (C=O) groups excluding carboxylic acids is 2. The molecule has 0 unspecified atom stereocenters. The van der Waals surface area contributed by atoms with Crippen LogP contribution in [0.2, 0.25) is 0 Å². The zero-order chi connectivity index (χ0) is 31.0. The lowest BCUT2D eigenvalue weighted by molar-refractivity contribution is -0.144. The van der Waals surface area contributed by atoms with Crippen LogP contribution in [-0.4, -0.2) is 56.1 Å². The third kappa shape index (κ3) is 8.74. The van der Waals surface area contributed by atoms with Crippen molar-refractivity contribution in [3.63, 3.8) is 0 Å². The van der Waals surface area contributed by atoms with Gasteiger partial charge in [-0.25, -0.2) is 0 Å². The van der Waals surface area contributed by atoms with E-state index in [0.717, 1.165) is 5.56 Å². The first-order chi connectivity index (χ1) is 20.5. The standard InChI is InChI=1S/C31H40N6O6/c1-31(2)42-26(16-36-24-10-9-20(29(34)38)13-22(24)32)27(43-31)17-37-28-23(33)14-21(30(35)39)15-25(28)41-12-6-11-40-18-19-7-4-3-5-8-19/h3-5,7-10,13-15,26-27,36-37H,6,11-12,16-18,32-33H2,1-2H3,(H2,34,38)(H2,35,39)/t26-,27-/m1/s1. The van der Waals surface area contributed by atoms with Gasteiger partial charge in [0.2, 0.25) is 11.8 Å². The van der Waals surface area contributed by atoms with Crippen molar-refractivity contribution in [3.8, 4) is 5.75 Å². The van der Waals surface area contributed by atoms with Crippen molar-refractivity contribution in [2.45, 2.75) is 44.9 Å². The molecule has 1 heterocycles. The zero-order valence-corrected chi connectivity index (χ0v) is 24.4. The third-order valence-corrected chi connectivity index (χ3v) is 6.81. The van der Waals surface area contributed by atoms with Gasteiger partial charge in [-0.15, -0.1) is 0 Å². The second-order valence-electron chi connectivity index (χ2n) is 10.7. The zero-order valence-electron chi connectivity index (χ0n) is 24.4. The van der Waals surface area contributed by atoms with Crippen LogP contribution in [0.15, 0.2) is 60.7 Å². The van der Waals surface area contributed by atoms with Crippen LogP contribution >= 0.6 is 0 Å². The van der Waals surface area contributed by atoms with Gasteiger partial charge in [0.05, 0.1) is 36.9 Å². The summed E-state index contributed by atoms with van der Waals surface area (Å²) in [6, 6.07) is 17.8. The van der Waals surface area contributed by atoms with E-state index < -0.39 is 17.6 Å². The van der Waals surface area contributed by atoms with Crippen molar-refractivity contribution in [1.29, 1.82) is 0 Å². The van der Waals surface area contributed by atoms with Crippen LogP contribution in [0.5, 0.6) is 5.75 Å². The molecule has 12 heteroatoms. The topological polar surface area (TPSA) is 199 Å². The van der Waals surface area contributed by atoms with E-state index in [1.807, 2.05) is 44.2 Å². The molecule has 3 aromatic rings. The van der Waals surface area contributed by atoms with Gasteiger partial charge in [0.15, 0.2) is 5.79 Å². The van der Waals surface area contributed by atoms with Gasteiger partial charge in [-0.05, 0) is 49.7 Å². The summed E-state index contributed by atoms with van der Waals surface area (Å²) in [5, 5.41) is 6.58. The van der Waals surface area contributed by atoms with Crippen LogP contribution in [-0.2, 0) is 20.8 Å². The first-order valence-electron chi connectivity index (χ1n) is 14.0. The fourth-order valence-corrected chi connectivity index (χ4v) is 4.73. The van der Waals surface area contributed by atoms with Crippen LogP contribution in [0.25, 0.3) is 0 Å². The Hall–Kier alpha value is -4.52. The lowest BCUT2D eigenvalue weighted by Gasteiger charge is -2.22. The number of nitrogens with one attached hydrogen (secondary N) is 2. The number of benzene rings is 3. The number of amides is 2. The number of nitrogens with two attached hydrogens (primary N) is 4. The Morgan fingerprint density at radius 3 is 2.14 bits per heavy atom. The van der Waals surface area contributed by atoms with Crippen molar-refractivity contribution in [2.24, 2.45) is 11.5 Å². The average Bonchev–Trinajstić information content (AvgIpc) is 3.26. The molecule has 43 heavy (non-hydrogen) atoms. The second-order valence-corrected chi connectivity index (χ2v) is 10.7. The summed E-state index contributed by atoms with van der Waals surface area (Å²) in [6.07, 6.45) is -0.129. The Morgan fingerprint density at radius 1 is 0.837 bits per heavy atom. The summed E-state index contributed by atoms with van der Waals surface area (Å²) in [5.41, 5.74) is 26.8. The average molecular weight is 593 g/mol. The van der Waals surface area contributed by atoms with Gasteiger partial charge in [-0.2, -0.15) is 0 Å². The van der Waals surface area contributed by atoms with E-state index in [4.69, 9.17) is 41.9 Å². The van der Waals surface area contributed by atoms with Crippen LogP contribution in [0.4, 0.5) is 22.7 Å². The fraction of sp³-hybridized carbons (Fsp3) is 0.355. The molecule has 1 aliphatic rings. The lowest BCUT2D eigenvalue weighted by atomic mass is 10.1. The largest absolute Gasteiger partial charge is 0.491 e. The molecule has 0 spiro atoms. The normalized spacial score (nSPS) is 17.3. The number of nitrogen functional groups attached to an aromatic ring is 2. The molecule has 2 atom stereocenters. The van der Waals surface area contributed by atoms with Crippen molar-refractivity contribution in [2.75, 3.05) is 48.4 Å². The van der Waals surface area contributed by atoms with Gasteiger partial charge in [-0.3, -0.25) is 9.59 Å². The van der Waals surface area contributed by atoms with E-state index in [-0.39, 0.29) is 17.8 Å². The molecule has 230 valence electrons. The molecule has 12 nitrogen and oxygen atoms in total. The minimum absolute atomic E-state index is 0.238. The van der Waals surface area contributed by atoms with Crippen molar-refractivity contribution >= 4 is 34.6 Å². The summed E-state index contributed by atoms with van der Waals surface area (Å²) in [6.45, 7) is 5.71. The predicted molar refractivity (Wildman–Crippen MR) is 166 cm³/mol. The molecule has 1 fully saturated rings. The maximum Gasteiger partial charge on any atom is 0.248 e. The lowest BCUT2D eigenvalue weighted by Crippen LogP contribution is -2.35. The van der Waals surface area contributed by atoms with Crippen LogP contribution < -0.4 is 38.3 Å². The van der Waals surface area contributed by atoms with Gasteiger partial charge < -0.3 is 52.5 Å². The Bertz CT molecular complexity index is 1420. The number of ether oxygens (including phenoxy) is 4. The molecular formula is C31H40N6O6. The molecule has 0 aromatic heterocycles. The highest BCUT2D eigenvalue weighted by Crippen LogP contribution is 2.35. The van der Waals surface area contributed by atoms with E-state index in [1.54, 1.807) is 18.2 Å². The smallest absolute Gasteiger partial charge is 0.248 e. The summed E-state index contributed by atoms with van der Waals surface area (Å²) in [4.78, 5) is 23.3. The monoisotopic (exact) mass is 592 g/mol. The van der Waals surface area contributed by atoms with E-state index >= 15 is 0 Å². The highest BCUT2D eigenvalue weighted by molar-refractivity contribution is 5.96. The molecule has 3 aromatic carbocycles. The highest BCUT2D eigenvalue weighted by atomic mass is 16.8. The number of primary amides is 2. The Balaban J connectivity index is 1.38.